The van der Waals surface area contributed by atoms with Gasteiger partial charge in [0.25, 0.3) is 0 Å². The molecule has 1 aliphatic carbocycles. The fraction of sp³-hybridized carbons (Fsp3) is 0.944. The van der Waals surface area contributed by atoms with Gasteiger partial charge in [-0.2, -0.15) is 0 Å². The van der Waals surface area contributed by atoms with E-state index in [0.29, 0.717) is 29.2 Å². The third-order valence-corrected chi connectivity index (χ3v) is 6.17. The zero-order valence-corrected chi connectivity index (χ0v) is 14.1. The Labute approximate surface area is 125 Å². The van der Waals surface area contributed by atoms with Crippen LogP contribution in [0.2, 0.25) is 0 Å². The van der Waals surface area contributed by atoms with Crippen molar-refractivity contribution in [2.24, 2.45) is 23.2 Å². The molecule has 2 fully saturated rings. The van der Waals surface area contributed by atoms with E-state index in [1.165, 1.54) is 32.1 Å². The third-order valence-electron chi connectivity index (χ3n) is 6.17. The molecule has 1 amide bonds. The van der Waals surface area contributed by atoms with E-state index in [2.05, 4.69) is 39.5 Å². The molecule has 2 heteroatoms. The number of likely N-dealkylation sites (tertiary alicyclic amines) is 1. The molecule has 0 aromatic heterocycles. The molecule has 0 radical (unpaired) electrons. The van der Waals surface area contributed by atoms with Crippen molar-refractivity contribution in [3.63, 3.8) is 0 Å². The van der Waals surface area contributed by atoms with Gasteiger partial charge in [0.05, 0.1) is 0 Å². The van der Waals surface area contributed by atoms with Crippen LogP contribution in [0, 0.1) is 23.2 Å². The van der Waals surface area contributed by atoms with Crippen molar-refractivity contribution in [3.8, 4) is 0 Å². The Morgan fingerprint density at radius 2 is 1.85 bits per heavy atom. The highest BCUT2D eigenvalue weighted by molar-refractivity contribution is 5.80. The molecule has 0 N–H and O–H groups in total. The highest BCUT2D eigenvalue weighted by Gasteiger charge is 2.42. The predicted molar refractivity (Wildman–Crippen MR) is 84.5 cm³/mol. The van der Waals surface area contributed by atoms with Gasteiger partial charge in [-0.25, -0.2) is 0 Å². The first kappa shape index (κ1) is 15.9. The van der Waals surface area contributed by atoms with Crippen LogP contribution in [0.25, 0.3) is 0 Å². The monoisotopic (exact) mass is 279 g/mol. The molecule has 1 saturated heterocycles. The molecule has 3 atom stereocenters. The van der Waals surface area contributed by atoms with E-state index in [1.807, 2.05) is 0 Å². The molecule has 0 aromatic carbocycles. The number of hydrogen-bond donors (Lipinski definition) is 0. The van der Waals surface area contributed by atoms with Crippen LogP contribution in [0.3, 0.4) is 0 Å². The topological polar surface area (TPSA) is 20.3 Å². The first-order chi connectivity index (χ1) is 9.35. The highest BCUT2D eigenvalue weighted by atomic mass is 16.2. The number of carbonyl (C=O) groups is 1. The van der Waals surface area contributed by atoms with E-state index >= 15 is 0 Å². The van der Waals surface area contributed by atoms with Crippen molar-refractivity contribution in [1.29, 1.82) is 0 Å². The maximum absolute atomic E-state index is 12.8. The van der Waals surface area contributed by atoms with E-state index < -0.39 is 0 Å². The SMILES string of the molecule is CC(C)N1CCC2CC(C)(C(C)C)CCCCC2C1=O. The molecule has 2 rings (SSSR count). The lowest BCUT2D eigenvalue weighted by atomic mass is 9.63. The smallest absolute Gasteiger partial charge is 0.226 e. The van der Waals surface area contributed by atoms with E-state index in [1.54, 1.807) is 0 Å². The standard InChI is InChI=1S/C18H33NO/c1-13(2)18(5)10-7-6-8-16-15(12-18)9-11-19(14(3)4)17(16)20/h13-16H,6-12H2,1-5H3. The predicted octanol–water partition coefficient (Wildman–Crippen LogP) is 4.49. The van der Waals surface area contributed by atoms with Crippen LogP contribution in [-0.4, -0.2) is 23.4 Å². The van der Waals surface area contributed by atoms with Gasteiger partial charge in [-0.3, -0.25) is 4.79 Å². The number of fused-ring (bicyclic) bond motifs is 1. The lowest BCUT2D eigenvalue weighted by molar-refractivity contribution is -0.145. The zero-order chi connectivity index (χ0) is 14.9. The molecule has 1 aliphatic heterocycles. The lowest BCUT2D eigenvalue weighted by Crippen LogP contribution is -2.50. The first-order valence-electron chi connectivity index (χ1n) is 8.65. The summed E-state index contributed by atoms with van der Waals surface area (Å²) < 4.78 is 0. The number of amides is 1. The molecule has 116 valence electrons. The van der Waals surface area contributed by atoms with Crippen LogP contribution in [0.4, 0.5) is 0 Å². The van der Waals surface area contributed by atoms with Crippen LogP contribution >= 0.6 is 0 Å². The van der Waals surface area contributed by atoms with Crippen LogP contribution in [-0.2, 0) is 4.79 Å². The largest absolute Gasteiger partial charge is 0.340 e. The Morgan fingerprint density at radius 1 is 1.15 bits per heavy atom. The normalized spacial score (nSPS) is 36.0. The number of piperidine rings is 1. The van der Waals surface area contributed by atoms with Gasteiger partial charge in [0.15, 0.2) is 0 Å². The van der Waals surface area contributed by atoms with Crippen molar-refractivity contribution >= 4 is 5.91 Å². The summed E-state index contributed by atoms with van der Waals surface area (Å²) in [6.07, 6.45) is 7.48. The van der Waals surface area contributed by atoms with Crippen molar-refractivity contribution in [2.75, 3.05) is 6.54 Å². The van der Waals surface area contributed by atoms with Crippen LogP contribution in [0.15, 0.2) is 0 Å². The van der Waals surface area contributed by atoms with Gasteiger partial charge in [-0.15, -0.1) is 0 Å². The highest BCUT2D eigenvalue weighted by Crippen LogP contribution is 2.46. The second-order valence-corrected chi connectivity index (χ2v) is 8.04. The van der Waals surface area contributed by atoms with E-state index in [9.17, 15) is 4.79 Å². The summed E-state index contributed by atoms with van der Waals surface area (Å²) in [5.41, 5.74) is 0.434. The summed E-state index contributed by atoms with van der Waals surface area (Å²) in [4.78, 5) is 14.9. The Kier molecular flexibility index (Phi) is 4.81. The quantitative estimate of drug-likeness (QED) is 0.729. The average molecular weight is 279 g/mol. The number of nitrogens with zero attached hydrogens (tertiary/aromatic N) is 1. The summed E-state index contributed by atoms with van der Waals surface area (Å²) in [5, 5.41) is 0. The molecular weight excluding hydrogens is 246 g/mol. The van der Waals surface area contributed by atoms with Crippen molar-refractivity contribution in [2.45, 2.75) is 79.2 Å². The summed E-state index contributed by atoms with van der Waals surface area (Å²) >= 11 is 0. The average Bonchev–Trinajstić information content (AvgIpc) is 2.33. The molecule has 1 heterocycles. The zero-order valence-electron chi connectivity index (χ0n) is 14.1. The minimum absolute atomic E-state index is 0.310. The molecule has 2 aliphatic rings. The minimum atomic E-state index is 0.310. The molecule has 1 saturated carbocycles. The molecule has 0 bridgehead atoms. The van der Waals surface area contributed by atoms with Crippen LogP contribution < -0.4 is 0 Å². The van der Waals surface area contributed by atoms with Crippen molar-refractivity contribution in [1.82, 2.24) is 4.90 Å². The molecule has 0 spiro atoms. The van der Waals surface area contributed by atoms with Gasteiger partial charge in [-0.1, -0.05) is 33.6 Å². The number of carbonyl (C=O) groups excluding carboxylic acids is 1. The van der Waals surface area contributed by atoms with Crippen LogP contribution in [0.1, 0.15) is 73.1 Å². The Balaban J connectivity index is 2.16. The summed E-state index contributed by atoms with van der Waals surface area (Å²) in [7, 11) is 0. The van der Waals surface area contributed by atoms with Gasteiger partial charge in [0.2, 0.25) is 5.91 Å². The number of hydrogen-bond acceptors (Lipinski definition) is 1. The number of rotatable bonds is 2. The second-order valence-electron chi connectivity index (χ2n) is 8.04. The van der Waals surface area contributed by atoms with Gasteiger partial charge in [-0.05, 0) is 56.8 Å². The lowest BCUT2D eigenvalue weighted by Gasteiger charge is -2.46. The summed E-state index contributed by atoms with van der Waals surface area (Å²) in [5.74, 6) is 2.11. The summed E-state index contributed by atoms with van der Waals surface area (Å²) in [6.45, 7) is 12.5. The minimum Gasteiger partial charge on any atom is -0.340 e. The Hall–Kier alpha value is -0.530. The second kappa shape index (κ2) is 6.07. The van der Waals surface area contributed by atoms with Crippen molar-refractivity contribution in [3.05, 3.63) is 0 Å². The fourth-order valence-corrected chi connectivity index (χ4v) is 4.27. The van der Waals surface area contributed by atoms with Gasteiger partial charge < -0.3 is 4.90 Å². The molecular formula is C18H33NO. The van der Waals surface area contributed by atoms with Gasteiger partial charge in [0, 0.05) is 18.5 Å². The van der Waals surface area contributed by atoms with E-state index in [-0.39, 0.29) is 0 Å². The van der Waals surface area contributed by atoms with Crippen molar-refractivity contribution < 1.29 is 4.79 Å². The van der Waals surface area contributed by atoms with E-state index in [4.69, 9.17) is 0 Å². The molecule has 3 unspecified atom stereocenters. The Morgan fingerprint density at radius 3 is 2.45 bits per heavy atom. The van der Waals surface area contributed by atoms with Gasteiger partial charge >= 0.3 is 0 Å². The first-order valence-corrected chi connectivity index (χ1v) is 8.65. The van der Waals surface area contributed by atoms with Crippen LogP contribution in [0.5, 0.6) is 0 Å². The van der Waals surface area contributed by atoms with Gasteiger partial charge in [0.1, 0.15) is 0 Å². The summed E-state index contributed by atoms with van der Waals surface area (Å²) in [6, 6.07) is 0.366. The molecule has 0 aromatic rings. The van der Waals surface area contributed by atoms with E-state index in [0.717, 1.165) is 18.9 Å². The maximum Gasteiger partial charge on any atom is 0.226 e. The fourth-order valence-electron chi connectivity index (χ4n) is 4.27. The molecule has 20 heavy (non-hydrogen) atoms. The third kappa shape index (κ3) is 3.04. The Bertz CT molecular complexity index is 349. The maximum atomic E-state index is 12.8. The molecule has 2 nitrogen and oxygen atoms in total.